The number of nitrogens with zero attached hydrogens (tertiary/aromatic N) is 1. The first-order valence-corrected chi connectivity index (χ1v) is 11.8. The first-order valence-electron chi connectivity index (χ1n) is 11.8. The van der Waals surface area contributed by atoms with Crippen molar-refractivity contribution < 1.29 is 23.5 Å². The zero-order valence-electron chi connectivity index (χ0n) is 19.9. The molecule has 3 amide bonds. The zero-order chi connectivity index (χ0) is 24.2. The smallest absolute Gasteiger partial charge is 0.407 e. The van der Waals surface area contributed by atoms with Gasteiger partial charge in [-0.2, -0.15) is 0 Å². The molecule has 0 aromatic carbocycles. The summed E-state index contributed by atoms with van der Waals surface area (Å²) in [4.78, 5) is 28.4. The quantitative estimate of drug-likeness (QED) is 0.396. The van der Waals surface area contributed by atoms with Crippen molar-refractivity contribution in [1.82, 2.24) is 20.9 Å². The number of amides is 3. The van der Waals surface area contributed by atoms with Crippen LogP contribution < -0.4 is 16.0 Å². The molecule has 0 spiro atoms. The fourth-order valence-corrected chi connectivity index (χ4v) is 3.82. The number of allylic oxidation sites excluding steroid dienone is 5. The summed E-state index contributed by atoms with van der Waals surface area (Å²) in [6.07, 6.45) is 15.4. The summed E-state index contributed by atoms with van der Waals surface area (Å²) in [5.41, 5.74) is 3.40. The molecule has 0 saturated heterocycles. The molecular weight excluding hydrogens is 436 g/mol. The van der Waals surface area contributed by atoms with Gasteiger partial charge in [0.1, 0.15) is 5.76 Å². The van der Waals surface area contributed by atoms with E-state index in [4.69, 9.17) is 13.9 Å². The van der Waals surface area contributed by atoms with Crippen LogP contribution in [0.2, 0.25) is 0 Å². The summed E-state index contributed by atoms with van der Waals surface area (Å²) in [6.45, 7) is 2.98. The Hall–Kier alpha value is -3.49. The zero-order valence-corrected chi connectivity index (χ0v) is 19.9. The molecule has 0 aliphatic heterocycles. The number of aromatic nitrogens is 1. The van der Waals surface area contributed by atoms with Crippen molar-refractivity contribution in [2.75, 3.05) is 20.3 Å². The first-order chi connectivity index (χ1) is 16.6. The van der Waals surface area contributed by atoms with Crippen LogP contribution in [0.25, 0.3) is 5.57 Å². The van der Waals surface area contributed by atoms with Crippen LogP contribution in [0, 0.1) is 0 Å². The second kappa shape index (κ2) is 13.3. The highest BCUT2D eigenvalue weighted by atomic mass is 16.5. The third-order valence-corrected chi connectivity index (χ3v) is 5.61. The Morgan fingerprint density at radius 2 is 2.00 bits per heavy atom. The summed E-state index contributed by atoms with van der Waals surface area (Å²) in [6, 6.07) is -0.326. The molecule has 1 aromatic heterocycles. The van der Waals surface area contributed by atoms with Crippen LogP contribution in [0.5, 0.6) is 0 Å². The maximum Gasteiger partial charge on any atom is 0.407 e. The van der Waals surface area contributed by atoms with Crippen LogP contribution in [0.3, 0.4) is 0 Å². The minimum absolute atomic E-state index is 0.326. The van der Waals surface area contributed by atoms with Crippen molar-refractivity contribution in [3.63, 3.8) is 0 Å². The lowest BCUT2D eigenvalue weighted by atomic mass is 9.99. The number of hydrogen-bond donors (Lipinski definition) is 3. The molecule has 184 valence electrons. The molecule has 3 rings (SSSR count). The number of ether oxygens (including phenoxy) is 2. The molecule has 0 saturated carbocycles. The van der Waals surface area contributed by atoms with Gasteiger partial charge in [0.15, 0.2) is 12.2 Å². The van der Waals surface area contributed by atoms with Crippen LogP contribution in [-0.4, -0.2) is 37.4 Å². The lowest BCUT2D eigenvalue weighted by molar-refractivity contribution is 0.144. The van der Waals surface area contributed by atoms with E-state index < -0.39 is 6.09 Å². The highest BCUT2D eigenvalue weighted by Gasteiger charge is 2.19. The van der Waals surface area contributed by atoms with Crippen molar-refractivity contribution >= 4 is 17.7 Å². The maximum atomic E-state index is 12.5. The first kappa shape index (κ1) is 25.1. The molecule has 3 N–H and O–H groups in total. The number of rotatable bonds is 11. The Bertz CT molecular complexity index is 960. The van der Waals surface area contributed by atoms with E-state index in [1.165, 1.54) is 6.39 Å². The second-order valence-corrected chi connectivity index (χ2v) is 8.21. The highest BCUT2D eigenvalue weighted by Crippen LogP contribution is 2.30. The summed E-state index contributed by atoms with van der Waals surface area (Å²) >= 11 is 0. The van der Waals surface area contributed by atoms with Gasteiger partial charge in [-0.1, -0.05) is 32.3 Å². The number of methoxy groups -OCH3 is 1. The fraction of sp³-hybridized carbons (Fsp3) is 0.480. The predicted octanol–water partition coefficient (Wildman–Crippen LogP) is 4.92. The minimum Gasteiger partial charge on any atom is -0.496 e. The molecule has 1 aromatic rings. The predicted molar refractivity (Wildman–Crippen MR) is 128 cm³/mol. The molecule has 0 radical (unpaired) electrons. The van der Waals surface area contributed by atoms with Crippen molar-refractivity contribution in [1.29, 1.82) is 0 Å². The third-order valence-electron chi connectivity index (χ3n) is 5.61. The van der Waals surface area contributed by atoms with E-state index in [2.05, 4.69) is 27.9 Å². The SMILES string of the molecule is CCCCCCOC(=O)NCC1=CC(NC(=O)NC2=CC(OC)=C(c3cnco3)CC2)=CCC1. The van der Waals surface area contributed by atoms with Gasteiger partial charge in [-0.3, -0.25) is 0 Å². The van der Waals surface area contributed by atoms with E-state index >= 15 is 0 Å². The average Bonchev–Trinajstić information content (AvgIpc) is 3.37. The van der Waals surface area contributed by atoms with Gasteiger partial charge in [-0.05, 0) is 49.8 Å². The van der Waals surface area contributed by atoms with Gasteiger partial charge in [0.25, 0.3) is 0 Å². The summed E-state index contributed by atoms with van der Waals surface area (Å²) in [5.74, 6) is 1.30. The number of carbonyl (C=O) groups is 2. The van der Waals surface area contributed by atoms with Gasteiger partial charge in [-0.15, -0.1) is 0 Å². The molecule has 34 heavy (non-hydrogen) atoms. The molecule has 0 unspecified atom stereocenters. The number of nitrogens with one attached hydrogen (secondary N) is 3. The minimum atomic E-state index is -0.407. The van der Waals surface area contributed by atoms with E-state index in [1.807, 2.05) is 12.2 Å². The van der Waals surface area contributed by atoms with Crippen molar-refractivity contribution in [2.45, 2.75) is 58.3 Å². The largest absolute Gasteiger partial charge is 0.496 e. The molecule has 0 atom stereocenters. The molecular formula is C25H34N4O5. The Labute approximate surface area is 200 Å². The molecule has 9 nitrogen and oxygen atoms in total. The number of carbonyl (C=O) groups excluding carboxylic acids is 2. The number of alkyl carbamates (subject to hydrolysis) is 1. The standard InChI is InChI=1S/C25H34N4O5/c1-3-4-5-6-12-33-25(31)27-15-18-8-7-9-19(13-18)28-24(30)29-20-10-11-21(22(14-20)32-2)23-16-26-17-34-23/h9,13-14,16-17H,3-8,10-12,15H2,1-2H3,(H,27,31)(H2,28,29,30). The number of unbranched alkanes of at least 4 members (excludes halogenated alkanes) is 3. The molecule has 0 bridgehead atoms. The van der Waals surface area contributed by atoms with Gasteiger partial charge in [0, 0.05) is 23.5 Å². The van der Waals surface area contributed by atoms with E-state index in [-0.39, 0.29) is 6.03 Å². The summed E-state index contributed by atoms with van der Waals surface area (Å²) < 4.78 is 16.0. The van der Waals surface area contributed by atoms with Crippen molar-refractivity contribution in [2.24, 2.45) is 0 Å². The van der Waals surface area contributed by atoms with E-state index in [0.717, 1.165) is 55.4 Å². The Kier molecular flexibility index (Phi) is 9.81. The van der Waals surface area contributed by atoms with Gasteiger partial charge in [0.05, 0.1) is 19.9 Å². The number of hydrogen-bond acceptors (Lipinski definition) is 6. The fourth-order valence-electron chi connectivity index (χ4n) is 3.82. The average molecular weight is 471 g/mol. The lowest BCUT2D eigenvalue weighted by Gasteiger charge is -2.20. The van der Waals surface area contributed by atoms with Gasteiger partial charge in [-0.25, -0.2) is 14.6 Å². The molecule has 2 aliphatic rings. The van der Waals surface area contributed by atoms with Crippen LogP contribution in [0.1, 0.15) is 64.1 Å². The number of oxazole rings is 1. The molecule has 1 heterocycles. The summed E-state index contributed by atoms with van der Waals surface area (Å²) in [5, 5.41) is 8.55. The van der Waals surface area contributed by atoms with Crippen molar-refractivity contribution in [3.05, 3.63) is 59.3 Å². The molecule has 0 fully saturated rings. The van der Waals surface area contributed by atoms with Crippen LogP contribution in [-0.2, 0) is 9.47 Å². The summed E-state index contributed by atoms with van der Waals surface area (Å²) in [7, 11) is 1.58. The van der Waals surface area contributed by atoms with E-state index in [9.17, 15) is 9.59 Å². The Balaban J connectivity index is 1.46. The third kappa shape index (κ3) is 7.83. The monoisotopic (exact) mass is 470 g/mol. The van der Waals surface area contributed by atoms with E-state index in [1.54, 1.807) is 19.4 Å². The van der Waals surface area contributed by atoms with E-state index in [0.29, 0.717) is 43.2 Å². The highest BCUT2D eigenvalue weighted by molar-refractivity contribution is 5.79. The lowest BCUT2D eigenvalue weighted by Crippen LogP contribution is -2.35. The maximum absolute atomic E-state index is 12.5. The Morgan fingerprint density at radius 3 is 2.76 bits per heavy atom. The number of urea groups is 1. The van der Waals surface area contributed by atoms with Crippen LogP contribution >= 0.6 is 0 Å². The van der Waals surface area contributed by atoms with Crippen LogP contribution in [0.15, 0.2) is 58.0 Å². The topological polar surface area (TPSA) is 115 Å². The molecule has 2 aliphatic carbocycles. The van der Waals surface area contributed by atoms with Gasteiger partial charge in [0.2, 0.25) is 0 Å². The Morgan fingerprint density at radius 1 is 1.12 bits per heavy atom. The van der Waals surface area contributed by atoms with Crippen LogP contribution in [0.4, 0.5) is 9.59 Å². The second-order valence-electron chi connectivity index (χ2n) is 8.21. The normalized spacial score (nSPS) is 15.6. The van der Waals surface area contributed by atoms with Gasteiger partial charge < -0.3 is 29.8 Å². The van der Waals surface area contributed by atoms with Crippen molar-refractivity contribution in [3.8, 4) is 0 Å². The van der Waals surface area contributed by atoms with Gasteiger partial charge >= 0.3 is 12.1 Å². The molecule has 9 heteroatoms.